The number of halogens is 1. The normalized spacial score (nSPS) is 14.1. The minimum Gasteiger partial charge on any atom is -0.491 e. The molecule has 1 aromatic heterocycles. The number of methoxy groups -OCH3 is 1. The van der Waals surface area contributed by atoms with Gasteiger partial charge in [0.1, 0.15) is 11.3 Å². The maximum Gasteiger partial charge on any atom is 0.313 e. The summed E-state index contributed by atoms with van der Waals surface area (Å²) in [6.07, 6.45) is 2.66. The van der Waals surface area contributed by atoms with Gasteiger partial charge < -0.3 is 35.3 Å². The molecule has 1 aliphatic rings. The highest BCUT2D eigenvalue weighted by Gasteiger charge is 2.20. The number of carbonyl (C=O) groups excluding carboxylic acids is 2. The molecule has 11 heteroatoms. The Morgan fingerprint density at radius 3 is 2.53 bits per heavy atom. The van der Waals surface area contributed by atoms with Crippen LogP contribution in [0.15, 0.2) is 72.9 Å². The first-order valence-corrected chi connectivity index (χ1v) is 14.0. The molecule has 5 rings (SSSR count). The predicted octanol–water partition coefficient (Wildman–Crippen LogP) is 4.34. The number of nitrogens with one attached hydrogen (secondary N) is 3. The molecule has 0 saturated carbocycles. The van der Waals surface area contributed by atoms with E-state index in [-0.39, 0.29) is 18.0 Å². The maximum absolute atomic E-state index is 15.0. The average Bonchev–Trinajstić information content (AvgIpc) is 3.04. The van der Waals surface area contributed by atoms with Crippen molar-refractivity contribution in [1.82, 2.24) is 15.6 Å². The van der Waals surface area contributed by atoms with Crippen LogP contribution in [-0.4, -0.2) is 55.3 Å². The first-order chi connectivity index (χ1) is 20.9. The van der Waals surface area contributed by atoms with Crippen LogP contribution in [0.3, 0.4) is 0 Å². The van der Waals surface area contributed by atoms with Crippen molar-refractivity contribution in [3.63, 3.8) is 0 Å². The molecule has 1 atom stereocenters. The van der Waals surface area contributed by atoms with E-state index in [9.17, 15) is 14.7 Å². The smallest absolute Gasteiger partial charge is 0.313 e. The first-order valence-electron chi connectivity index (χ1n) is 14.0. The van der Waals surface area contributed by atoms with Gasteiger partial charge in [-0.05, 0) is 67.7 Å². The number of nitrogens with zero attached hydrogens (tertiary/aromatic N) is 1. The monoisotopic (exact) mass is 588 g/mol. The van der Waals surface area contributed by atoms with Gasteiger partial charge in [-0.15, -0.1) is 0 Å². The Morgan fingerprint density at radius 1 is 1.02 bits per heavy atom. The average molecular weight is 589 g/mol. The van der Waals surface area contributed by atoms with Crippen molar-refractivity contribution in [3.8, 4) is 23.0 Å². The topological polar surface area (TPSA) is 131 Å². The molecule has 2 heterocycles. The molecule has 224 valence electrons. The number of piperidine rings is 1. The number of aliphatic hydroxyl groups is 1. The Morgan fingerprint density at radius 2 is 1.79 bits per heavy atom. The number of hydrogen-bond donors (Lipinski definition) is 4. The highest BCUT2D eigenvalue weighted by molar-refractivity contribution is 6.39. The SMILES string of the molecule is COc1c(OCC2CCNCC2)ccc2c(Oc3ccc(NC(=O)C(=O)NCC(O)c4ccccc4)cc3F)ccnc12. The summed E-state index contributed by atoms with van der Waals surface area (Å²) >= 11 is 0. The van der Waals surface area contributed by atoms with Crippen molar-refractivity contribution in [2.75, 3.05) is 38.7 Å². The lowest BCUT2D eigenvalue weighted by Crippen LogP contribution is -2.37. The summed E-state index contributed by atoms with van der Waals surface area (Å²) in [6, 6.07) is 17.7. The van der Waals surface area contributed by atoms with Crippen LogP contribution in [-0.2, 0) is 9.59 Å². The first kappa shape index (κ1) is 29.7. The van der Waals surface area contributed by atoms with Crippen LogP contribution < -0.4 is 30.2 Å². The summed E-state index contributed by atoms with van der Waals surface area (Å²) in [4.78, 5) is 29.0. The molecule has 0 bridgehead atoms. The van der Waals surface area contributed by atoms with Crippen LogP contribution in [0.4, 0.5) is 10.1 Å². The molecule has 2 amide bonds. The predicted molar refractivity (Wildman–Crippen MR) is 159 cm³/mol. The standard InChI is InChI=1S/C32H33FN4O6/c1-41-30-28(42-19-20-11-14-34-15-12-20)10-8-23-26(13-16-35-29(23)30)43-27-9-7-22(17-24(27)33)37-32(40)31(39)36-18-25(38)21-5-3-2-4-6-21/h2-10,13,16-17,20,25,34,38H,11-12,14-15,18-19H2,1H3,(H,36,39)(H,37,40). The third kappa shape index (κ3) is 7.37. The van der Waals surface area contributed by atoms with Crippen molar-refractivity contribution >= 4 is 28.4 Å². The highest BCUT2D eigenvalue weighted by Crippen LogP contribution is 2.40. The van der Waals surface area contributed by atoms with Gasteiger partial charge in [0, 0.05) is 29.9 Å². The molecule has 4 aromatic rings. The van der Waals surface area contributed by atoms with Gasteiger partial charge >= 0.3 is 11.8 Å². The molecule has 1 saturated heterocycles. The molecule has 1 fully saturated rings. The molecule has 10 nitrogen and oxygen atoms in total. The van der Waals surface area contributed by atoms with Gasteiger partial charge in [0.15, 0.2) is 23.1 Å². The van der Waals surface area contributed by atoms with E-state index in [1.807, 2.05) is 0 Å². The van der Waals surface area contributed by atoms with Crippen molar-refractivity contribution in [1.29, 1.82) is 0 Å². The summed E-state index contributed by atoms with van der Waals surface area (Å²) in [7, 11) is 1.54. The summed E-state index contributed by atoms with van der Waals surface area (Å²) < 4.78 is 32.7. The fourth-order valence-corrected chi connectivity index (χ4v) is 4.84. The molecule has 4 N–H and O–H groups in total. The van der Waals surface area contributed by atoms with Crippen LogP contribution in [0.25, 0.3) is 10.9 Å². The van der Waals surface area contributed by atoms with Gasteiger partial charge in [-0.3, -0.25) is 14.6 Å². The number of amides is 2. The number of carbonyl (C=O) groups is 2. The summed E-state index contributed by atoms with van der Waals surface area (Å²) in [5.74, 6) is -0.969. The fraction of sp³-hybridized carbons (Fsp3) is 0.281. The van der Waals surface area contributed by atoms with E-state index in [0.29, 0.717) is 46.2 Å². The Bertz CT molecular complexity index is 1580. The zero-order chi connectivity index (χ0) is 30.2. The minimum absolute atomic E-state index is 0.0606. The second-order valence-corrected chi connectivity index (χ2v) is 10.1. The molecule has 0 radical (unpaired) electrons. The van der Waals surface area contributed by atoms with Crippen molar-refractivity contribution in [2.45, 2.75) is 18.9 Å². The van der Waals surface area contributed by atoms with Crippen molar-refractivity contribution < 1.29 is 33.3 Å². The minimum atomic E-state index is -1.00. The van der Waals surface area contributed by atoms with Crippen molar-refractivity contribution in [2.24, 2.45) is 5.92 Å². The summed E-state index contributed by atoms with van der Waals surface area (Å²) in [6.45, 7) is 2.37. The van der Waals surface area contributed by atoms with Gasteiger partial charge in [0.25, 0.3) is 0 Å². The quantitative estimate of drug-likeness (QED) is 0.201. The van der Waals surface area contributed by atoms with Gasteiger partial charge in [-0.1, -0.05) is 30.3 Å². The van der Waals surface area contributed by atoms with E-state index in [2.05, 4.69) is 20.9 Å². The second-order valence-electron chi connectivity index (χ2n) is 10.1. The molecule has 43 heavy (non-hydrogen) atoms. The Hall–Kier alpha value is -4.74. The van der Waals surface area contributed by atoms with E-state index in [1.165, 1.54) is 18.3 Å². The number of benzene rings is 3. The molecule has 3 aromatic carbocycles. The maximum atomic E-state index is 15.0. The number of ether oxygens (including phenoxy) is 3. The molecule has 1 aliphatic heterocycles. The van der Waals surface area contributed by atoms with Gasteiger partial charge in [0.05, 0.1) is 19.8 Å². The Kier molecular flexibility index (Phi) is 9.65. The third-order valence-corrected chi connectivity index (χ3v) is 7.18. The van der Waals surface area contributed by atoms with E-state index >= 15 is 4.39 Å². The van der Waals surface area contributed by atoms with Gasteiger partial charge in [0.2, 0.25) is 0 Å². The van der Waals surface area contributed by atoms with E-state index in [1.54, 1.807) is 55.6 Å². The van der Waals surface area contributed by atoms with Crippen LogP contribution in [0, 0.1) is 11.7 Å². The largest absolute Gasteiger partial charge is 0.491 e. The fourth-order valence-electron chi connectivity index (χ4n) is 4.84. The number of aliphatic hydroxyl groups excluding tert-OH is 1. The lowest BCUT2D eigenvalue weighted by Gasteiger charge is -2.23. The number of rotatable bonds is 10. The van der Waals surface area contributed by atoms with E-state index in [0.717, 1.165) is 32.0 Å². The molecule has 1 unspecified atom stereocenters. The Labute approximate surface area is 248 Å². The number of pyridine rings is 1. The second kappa shape index (κ2) is 14.0. The number of hydrogen-bond acceptors (Lipinski definition) is 8. The van der Waals surface area contributed by atoms with Crippen molar-refractivity contribution in [3.05, 3.63) is 84.3 Å². The highest BCUT2D eigenvalue weighted by atomic mass is 19.1. The zero-order valence-corrected chi connectivity index (χ0v) is 23.6. The number of fused-ring (bicyclic) bond motifs is 1. The molecular weight excluding hydrogens is 555 g/mol. The van der Waals surface area contributed by atoms with Crippen LogP contribution in [0.1, 0.15) is 24.5 Å². The number of anilines is 1. The molecule has 0 spiro atoms. The van der Waals surface area contributed by atoms with Gasteiger partial charge in [-0.2, -0.15) is 0 Å². The summed E-state index contributed by atoms with van der Waals surface area (Å²) in [5, 5.41) is 18.8. The number of aromatic nitrogens is 1. The third-order valence-electron chi connectivity index (χ3n) is 7.18. The molecule has 0 aliphatic carbocycles. The van der Waals surface area contributed by atoms with Crippen LogP contribution >= 0.6 is 0 Å². The molecular formula is C32H33FN4O6. The van der Waals surface area contributed by atoms with E-state index < -0.39 is 23.7 Å². The Balaban J connectivity index is 1.23. The lowest BCUT2D eigenvalue weighted by molar-refractivity contribution is -0.136. The lowest BCUT2D eigenvalue weighted by atomic mass is 9.99. The zero-order valence-electron chi connectivity index (χ0n) is 23.6. The van der Waals surface area contributed by atoms with E-state index in [4.69, 9.17) is 14.2 Å². The van der Waals surface area contributed by atoms with Crippen LogP contribution in [0.2, 0.25) is 0 Å². The van der Waals surface area contributed by atoms with Crippen LogP contribution in [0.5, 0.6) is 23.0 Å². The van der Waals surface area contributed by atoms with Gasteiger partial charge in [-0.25, -0.2) is 4.39 Å². The summed E-state index contributed by atoms with van der Waals surface area (Å²) in [5.41, 5.74) is 1.17.